The Labute approximate surface area is 136 Å². The molecule has 1 unspecified atom stereocenters. The van der Waals surface area contributed by atoms with Crippen LogP contribution in [-0.2, 0) is 12.8 Å². The van der Waals surface area contributed by atoms with Crippen LogP contribution in [0.1, 0.15) is 69.4 Å². The zero-order valence-electron chi connectivity index (χ0n) is 14.5. The molecule has 2 rings (SSSR count). The van der Waals surface area contributed by atoms with E-state index in [1.54, 1.807) is 7.11 Å². The average molecular weight is 303 g/mol. The second-order valence-electron chi connectivity index (χ2n) is 6.65. The van der Waals surface area contributed by atoms with Crippen LogP contribution in [0.5, 0.6) is 5.75 Å². The van der Waals surface area contributed by atoms with Crippen molar-refractivity contribution < 1.29 is 4.74 Å². The summed E-state index contributed by atoms with van der Waals surface area (Å²) < 4.78 is 5.32. The van der Waals surface area contributed by atoms with Crippen molar-refractivity contribution >= 4 is 0 Å². The molecule has 0 aliphatic heterocycles. The number of aryl methyl sites for hydroxylation is 1. The van der Waals surface area contributed by atoms with Crippen molar-refractivity contribution in [2.45, 2.75) is 77.2 Å². The summed E-state index contributed by atoms with van der Waals surface area (Å²) in [6, 6.07) is 7.22. The third-order valence-electron chi connectivity index (χ3n) is 4.86. The molecule has 0 heterocycles. The molecule has 0 amide bonds. The van der Waals surface area contributed by atoms with E-state index in [1.165, 1.54) is 81.9 Å². The van der Waals surface area contributed by atoms with Crippen molar-refractivity contribution in [3.8, 4) is 5.75 Å². The van der Waals surface area contributed by atoms with E-state index in [2.05, 4.69) is 30.4 Å². The summed E-state index contributed by atoms with van der Waals surface area (Å²) in [5, 5.41) is 3.76. The summed E-state index contributed by atoms with van der Waals surface area (Å²) in [5.74, 6) is 0.994. The maximum atomic E-state index is 5.32. The number of fused-ring (bicyclic) bond motifs is 1. The smallest absolute Gasteiger partial charge is 0.119 e. The topological polar surface area (TPSA) is 21.3 Å². The Balaban J connectivity index is 1.60. The molecule has 1 atom stereocenters. The Kier molecular flexibility index (Phi) is 7.79. The zero-order valence-corrected chi connectivity index (χ0v) is 14.5. The quantitative estimate of drug-likeness (QED) is 0.621. The van der Waals surface area contributed by atoms with E-state index in [9.17, 15) is 0 Å². The molecular weight excluding hydrogens is 270 g/mol. The molecule has 1 aromatic rings. The van der Waals surface area contributed by atoms with Crippen molar-refractivity contribution in [3.05, 3.63) is 29.3 Å². The lowest BCUT2D eigenvalue weighted by atomic mass is 9.88. The molecule has 1 aromatic carbocycles. The first-order chi connectivity index (χ1) is 10.8. The molecule has 2 nitrogen and oxygen atoms in total. The molecule has 0 radical (unpaired) electrons. The lowest BCUT2D eigenvalue weighted by Crippen LogP contribution is -2.35. The molecule has 1 aliphatic rings. The fraction of sp³-hybridized carbons (Fsp3) is 0.700. The van der Waals surface area contributed by atoms with Gasteiger partial charge >= 0.3 is 0 Å². The summed E-state index contributed by atoms with van der Waals surface area (Å²) >= 11 is 0. The minimum atomic E-state index is 0.668. The molecule has 0 aromatic heterocycles. The number of rotatable bonds is 10. The van der Waals surface area contributed by atoms with E-state index in [0.717, 1.165) is 5.75 Å². The monoisotopic (exact) mass is 303 g/mol. The van der Waals surface area contributed by atoms with Crippen LogP contribution in [0, 0.1) is 0 Å². The normalized spacial score (nSPS) is 17.3. The summed E-state index contributed by atoms with van der Waals surface area (Å²) in [5.41, 5.74) is 2.98. The van der Waals surface area contributed by atoms with Gasteiger partial charge in [0.1, 0.15) is 5.75 Å². The van der Waals surface area contributed by atoms with E-state index in [4.69, 9.17) is 4.74 Å². The molecule has 0 saturated heterocycles. The van der Waals surface area contributed by atoms with Gasteiger partial charge in [-0.2, -0.15) is 0 Å². The summed E-state index contributed by atoms with van der Waals surface area (Å²) in [7, 11) is 1.75. The minimum absolute atomic E-state index is 0.668. The number of nitrogens with one attached hydrogen (secondary N) is 1. The summed E-state index contributed by atoms with van der Waals surface area (Å²) in [6.07, 6.45) is 13.3. The van der Waals surface area contributed by atoms with Crippen LogP contribution in [0.3, 0.4) is 0 Å². The molecule has 22 heavy (non-hydrogen) atoms. The van der Waals surface area contributed by atoms with E-state index >= 15 is 0 Å². The Morgan fingerprint density at radius 1 is 1.05 bits per heavy atom. The van der Waals surface area contributed by atoms with Gasteiger partial charge in [-0.05, 0) is 55.5 Å². The molecule has 0 saturated carbocycles. The fourth-order valence-electron chi connectivity index (χ4n) is 3.42. The van der Waals surface area contributed by atoms with Gasteiger partial charge < -0.3 is 10.1 Å². The van der Waals surface area contributed by atoms with Crippen molar-refractivity contribution in [2.24, 2.45) is 0 Å². The zero-order chi connectivity index (χ0) is 15.6. The number of hydrogen-bond acceptors (Lipinski definition) is 2. The van der Waals surface area contributed by atoms with E-state index in [0.29, 0.717) is 6.04 Å². The molecule has 1 aliphatic carbocycles. The number of methoxy groups -OCH3 is 1. The van der Waals surface area contributed by atoms with Crippen LogP contribution in [0.15, 0.2) is 18.2 Å². The van der Waals surface area contributed by atoms with Gasteiger partial charge in [0.2, 0.25) is 0 Å². The lowest BCUT2D eigenvalue weighted by molar-refractivity contribution is 0.411. The Morgan fingerprint density at radius 3 is 2.59 bits per heavy atom. The van der Waals surface area contributed by atoms with E-state index in [-0.39, 0.29) is 0 Å². The highest BCUT2D eigenvalue weighted by Gasteiger charge is 2.18. The predicted molar refractivity (Wildman–Crippen MR) is 94.8 cm³/mol. The van der Waals surface area contributed by atoms with Crippen LogP contribution in [0.25, 0.3) is 0 Å². The van der Waals surface area contributed by atoms with Crippen LogP contribution < -0.4 is 10.1 Å². The largest absolute Gasteiger partial charge is 0.497 e. The third-order valence-corrected chi connectivity index (χ3v) is 4.86. The fourth-order valence-corrected chi connectivity index (χ4v) is 3.42. The Bertz CT molecular complexity index is 430. The molecule has 1 N–H and O–H groups in total. The van der Waals surface area contributed by atoms with Crippen LogP contribution in [0.4, 0.5) is 0 Å². The standard InChI is InChI=1S/C20H33NO/c1-3-4-5-6-7-8-9-14-21-19-12-10-18-16-20(22-2)13-11-17(18)15-19/h11,13,16,19,21H,3-10,12,14-15H2,1-2H3. The van der Waals surface area contributed by atoms with Crippen molar-refractivity contribution in [2.75, 3.05) is 13.7 Å². The van der Waals surface area contributed by atoms with Crippen LogP contribution in [0.2, 0.25) is 0 Å². The van der Waals surface area contributed by atoms with E-state index in [1.807, 2.05) is 0 Å². The van der Waals surface area contributed by atoms with Gasteiger partial charge in [-0.15, -0.1) is 0 Å². The molecule has 124 valence electrons. The number of ether oxygens (including phenoxy) is 1. The number of unbranched alkanes of at least 4 members (excludes halogenated alkanes) is 6. The SMILES string of the molecule is CCCCCCCCCNC1CCc2cc(OC)ccc2C1. The van der Waals surface area contributed by atoms with Gasteiger partial charge in [0.25, 0.3) is 0 Å². The first kappa shape index (κ1) is 17.3. The highest BCUT2D eigenvalue weighted by molar-refractivity contribution is 5.37. The first-order valence-corrected chi connectivity index (χ1v) is 9.22. The highest BCUT2D eigenvalue weighted by Crippen LogP contribution is 2.25. The van der Waals surface area contributed by atoms with Crippen molar-refractivity contribution in [1.82, 2.24) is 5.32 Å². The van der Waals surface area contributed by atoms with Gasteiger partial charge in [-0.25, -0.2) is 0 Å². The molecule has 2 heteroatoms. The van der Waals surface area contributed by atoms with Gasteiger partial charge in [0, 0.05) is 6.04 Å². The van der Waals surface area contributed by atoms with Gasteiger partial charge in [-0.3, -0.25) is 0 Å². The second-order valence-corrected chi connectivity index (χ2v) is 6.65. The summed E-state index contributed by atoms with van der Waals surface area (Å²) in [4.78, 5) is 0. The predicted octanol–water partition coefficient (Wildman–Crippen LogP) is 4.89. The van der Waals surface area contributed by atoms with Gasteiger partial charge in [-0.1, -0.05) is 51.5 Å². The van der Waals surface area contributed by atoms with Crippen molar-refractivity contribution in [1.29, 1.82) is 0 Å². The first-order valence-electron chi connectivity index (χ1n) is 9.22. The number of benzene rings is 1. The van der Waals surface area contributed by atoms with Gasteiger partial charge in [0.15, 0.2) is 0 Å². The van der Waals surface area contributed by atoms with Crippen LogP contribution >= 0.6 is 0 Å². The molecular formula is C20H33NO. The maximum absolute atomic E-state index is 5.32. The van der Waals surface area contributed by atoms with Gasteiger partial charge in [0.05, 0.1) is 7.11 Å². The van der Waals surface area contributed by atoms with Crippen molar-refractivity contribution in [3.63, 3.8) is 0 Å². The van der Waals surface area contributed by atoms with E-state index < -0.39 is 0 Å². The Morgan fingerprint density at radius 2 is 1.82 bits per heavy atom. The average Bonchev–Trinajstić information content (AvgIpc) is 2.56. The molecule has 0 fully saturated rings. The Hall–Kier alpha value is -1.02. The van der Waals surface area contributed by atoms with Crippen LogP contribution in [-0.4, -0.2) is 19.7 Å². The molecule has 0 bridgehead atoms. The molecule has 0 spiro atoms. The third kappa shape index (κ3) is 5.64. The lowest BCUT2D eigenvalue weighted by Gasteiger charge is -2.26. The summed E-state index contributed by atoms with van der Waals surface area (Å²) in [6.45, 7) is 3.46. The number of hydrogen-bond donors (Lipinski definition) is 1. The minimum Gasteiger partial charge on any atom is -0.497 e. The highest BCUT2D eigenvalue weighted by atomic mass is 16.5. The maximum Gasteiger partial charge on any atom is 0.119 e. The second kappa shape index (κ2) is 9.89.